The van der Waals surface area contributed by atoms with Gasteiger partial charge in [0.2, 0.25) is 11.8 Å². The van der Waals surface area contributed by atoms with Gasteiger partial charge >= 0.3 is 0 Å². The molecular formula is C20H29FN2O2. The van der Waals surface area contributed by atoms with Crippen LogP contribution in [0.1, 0.15) is 52.0 Å². The summed E-state index contributed by atoms with van der Waals surface area (Å²) in [5.74, 6) is -0.408. The fourth-order valence-electron chi connectivity index (χ4n) is 3.15. The van der Waals surface area contributed by atoms with Gasteiger partial charge in [-0.3, -0.25) is 9.59 Å². The van der Waals surface area contributed by atoms with Crippen LogP contribution >= 0.6 is 0 Å². The lowest BCUT2D eigenvalue weighted by atomic mass is 9.96. The van der Waals surface area contributed by atoms with E-state index in [1.165, 1.54) is 12.1 Å². The van der Waals surface area contributed by atoms with Gasteiger partial charge in [0.05, 0.1) is 6.54 Å². The maximum Gasteiger partial charge on any atom is 0.242 e. The zero-order chi connectivity index (χ0) is 18.4. The maximum atomic E-state index is 13.0. The first-order chi connectivity index (χ1) is 11.8. The maximum absolute atomic E-state index is 13.0. The van der Waals surface area contributed by atoms with Crippen LogP contribution in [0.5, 0.6) is 0 Å². The van der Waals surface area contributed by atoms with Crippen molar-refractivity contribution in [3.8, 4) is 0 Å². The van der Waals surface area contributed by atoms with E-state index >= 15 is 0 Å². The van der Waals surface area contributed by atoms with E-state index in [1.54, 1.807) is 12.1 Å². The van der Waals surface area contributed by atoms with Crippen molar-refractivity contribution < 1.29 is 14.0 Å². The number of carbonyl (C=O) groups is 2. The van der Waals surface area contributed by atoms with Crippen LogP contribution in [0, 0.1) is 11.2 Å². The van der Waals surface area contributed by atoms with Crippen LogP contribution in [-0.2, 0) is 16.0 Å². The second-order valence-corrected chi connectivity index (χ2v) is 7.83. The SMILES string of the molecule is CC(C)(C)C(=O)NCC(=O)N(CCc1ccc(F)cc1)C1CCCC1. The molecule has 5 heteroatoms. The molecule has 1 aromatic rings. The van der Waals surface area contributed by atoms with Crippen LogP contribution in [0.25, 0.3) is 0 Å². The molecule has 0 atom stereocenters. The fourth-order valence-corrected chi connectivity index (χ4v) is 3.15. The van der Waals surface area contributed by atoms with Crippen molar-refractivity contribution in [3.05, 3.63) is 35.6 Å². The Labute approximate surface area is 149 Å². The molecule has 0 aromatic heterocycles. The molecule has 25 heavy (non-hydrogen) atoms. The van der Waals surface area contributed by atoms with Crippen molar-refractivity contribution in [3.63, 3.8) is 0 Å². The summed E-state index contributed by atoms with van der Waals surface area (Å²) in [5, 5.41) is 2.75. The Morgan fingerprint density at radius 2 is 1.76 bits per heavy atom. The summed E-state index contributed by atoms with van der Waals surface area (Å²) in [6, 6.07) is 6.66. The van der Waals surface area contributed by atoms with Gasteiger partial charge in [-0.2, -0.15) is 0 Å². The van der Waals surface area contributed by atoms with Gasteiger partial charge in [-0.1, -0.05) is 45.7 Å². The van der Waals surface area contributed by atoms with E-state index in [9.17, 15) is 14.0 Å². The van der Waals surface area contributed by atoms with Crippen molar-refractivity contribution >= 4 is 11.8 Å². The van der Waals surface area contributed by atoms with E-state index < -0.39 is 5.41 Å². The molecule has 1 saturated carbocycles. The highest BCUT2D eigenvalue weighted by Gasteiger charge is 2.28. The third kappa shape index (κ3) is 5.83. The second-order valence-electron chi connectivity index (χ2n) is 7.83. The van der Waals surface area contributed by atoms with Crippen LogP contribution in [0.3, 0.4) is 0 Å². The summed E-state index contributed by atoms with van der Waals surface area (Å²) in [7, 11) is 0. The van der Waals surface area contributed by atoms with Gasteiger partial charge in [0.15, 0.2) is 0 Å². The molecule has 4 nitrogen and oxygen atoms in total. The molecule has 0 heterocycles. The van der Waals surface area contributed by atoms with Gasteiger partial charge in [0.1, 0.15) is 5.82 Å². The van der Waals surface area contributed by atoms with Gasteiger partial charge < -0.3 is 10.2 Å². The summed E-state index contributed by atoms with van der Waals surface area (Å²) in [6.45, 7) is 6.12. The standard InChI is InChI=1S/C20H29FN2O2/c1-20(2,3)19(25)22-14-18(24)23(17-6-4-5-7-17)13-12-15-8-10-16(21)11-9-15/h8-11,17H,4-7,12-14H2,1-3H3,(H,22,25). The molecule has 1 aromatic carbocycles. The molecule has 0 aliphatic heterocycles. The molecule has 0 unspecified atom stereocenters. The zero-order valence-electron chi connectivity index (χ0n) is 15.5. The van der Waals surface area contributed by atoms with Crippen molar-refractivity contribution in [1.29, 1.82) is 0 Å². The van der Waals surface area contributed by atoms with Crippen molar-refractivity contribution in [1.82, 2.24) is 10.2 Å². The summed E-state index contributed by atoms with van der Waals surface area (Å²) < 4.78 is 13.0. The Balaban J connectivity index is 1.96. The number of nitrogens with zero attached hydrogens (tertiary/aromatic N) is 1. The molecule has 0 bridgehead atoms. The molecule has 1 N–H and O–H groups in total. The van der Waals surface area contributed by atoms with Crippen molar-refractivity contribution in [2.45, 2.75) is 58.9 Å². The minimum Gasteiger partial charge on any atom is -0.347 e. The lowest BCUT2D eigenvalue weighted by Crippen LogP contribution is -2.47. The van der Waals surface area contributed by atoms with Crippen LogP contribution in [0.15, 0.2) is 24.3 Å². The quantitative estimate of drug-likeness (QED) is 0.857. The Morgan fingerprint density at radius 1 is 1.16 bits per heavy atom. The Kier molecular flexibility index (Phi) is 6.57. The number of hydrogen-bond donors (Lipinski definition) is 1. The number of carbonyl (C=O) groups excluding carboxylic acids is 2. The molecule has 1 aliphatic carbocycles. The Hall–Kier alpha value is -1.91. The zero-order valence-corrected chi connectivity index (χ0v) is 15.5. The topological polar surface area (TPSA) is 49.4 Å². The first kappa shape index (κ1) is 19.4. The first-order valence-corrected chi connectivity index (χ1v) is 9.09. The molecule has 2 amide bonds. The predicted octanol–water partition coefficient (Wildman–Crippen LogP) is 3.30. The molecular weight excluding hydrogens is 319 g/mol. The average Bonchev–Trinajstić information content (AvgIpc) is 3.07. The van der Waals surface area contributed by atoms with Gasteiger partial charge in [-0.25, -0.2) is 4.39 Å². The lowest BCUT2D eigenvalue weighted by Gasteiger charge is -2.30. The van der Waals surface area contributed by atoms with Gasteiger partial charge in [0.25, 0.3) is 0 Å². The largest absolute Gasteiger partial charge is 0.347 e. The minimum absolute atomic E-state index is 0.0355. The number of halogens is 1. The lowest BCUT2D eigenvalue weighted by molar-refractivity contribution is -0.136. The molecule has 0 radical (unpaired) electrons. The van der Waals surface area contributed by atoms with Gasteiger partial charge in [-0.15, -0.1) is 0 Å². The van der Waals surface area contributed by atoms with E-state index in [0.717, 1.165) is 31.2 Å². The molecule has 0 saturated heterocycles. The Bertz CT molecular complexity index is 587. The Morgan fingerprint density at radius 3 is 2.32 bits per heavy atom. The third-order valence-corrected chi connectivity index (χ3v) is 4.72. The van der Waals surface area contributed by atoms with Crippen LogP contribution in [0.4, 0.5) is 4.39 Å². The summed E-state index contributed by atoms with van der Waals surface area (Å²) in [4.78, 5) is 26.6. The minimum atomic E-state index is -0.507. The highest BCUT2D eigenvalue weighted by molar-refractivity contribution is 5.87. The fraction of sp³-hybridized carbons (Fsp3) is 0.600. The summed E-state index contributed by atoms with van der Waals surface area (Å²) in [5.41, 5.74) is 0.503. The van der Waals surface area contributed by atoms with E-state index in [4.69, 9.17) is 0 Å². The van der Waals surface area contributed by atoms with E-state index in [0.29, 0.717) is 13.0 Å². The van der Waals surface area contributed by atoms with Gasteiger partial charge in [-0.05, 0) is 37.0 Å². The van der Waals surface area contributed by atoms with Crippen molar-refractivity contribution in [2.24, 2.45) is 5.41 Å². The molecule has 138 valence electrons. The van der Waals surface area contributed by atoms with Gasteiger partial charge in [0, 0.05) is 18.0 Å². The number of rotatable bonds is 6. The number of amides is 2. The highest BCUT2D eigenvalue weighted by atomic mass is 19.1. The summed E-state index contributed by atoms with van der Waals surface area (Å²) in [6.07, 6.45) is 5.00. The number of nitrogens with one attached hydrogen (secondary N) is 1. The second kappa shape index (κ2) is 8.45. The highest BCUT2D eigenvalue weighted by Crippen LogP contribution is 2.24. The van der Waals surface area contributed by atoms with E-state index in [1.807, 2.05) is 25.7 Å². The summed E-state index contributed by atoms with van der Waals surface area (Å²) >= 11 is 0. The monoisotopic (exact) mass is 348 g/mol. The molecule has 0 spiro atoms. The molecule has 1 fully saturated rings. The first-order valence-electron chi connectivity index (χ1n) is 9.09. The third-order valence-electron chi connectivity index (χ3n) is 4.72. The molecule has 2 rings (SSSR count). The van der Waals surface area contributed by atoms with Crippen molar-refractivity contribution in [2.75, 3.05) is 13.1 Å². The van der Waals surface area contributed by atoms with Crippen LogP contribution < -0.4 is 5.32 Å². The normalized spacial score (nSPS) is 15.2. The predicted molar refractivity (Wildman–Crippen MR) is 96.5 cm³/mol. The average molecular weight is 348 g/mol. The number of hydrogen-bond acceptors (Lipinski definition) is 2. The number of benzene rings is 1. The van der Waals surface area contributed by atoms with E-state index in [-0.39, 0.29) is 30.2 Å². The van der Waals surface area contributed by atoms with Crippen LogP contribution in [0.2, 0.25) is 0 Å². The smallest absolute Gasteiger partial charge is 0.242 e. The van der Waals surface area contributed by atoms with Crippen LogP contribution in [-0.4, -0.2) is 35.8 Å². The molecule has 1 aliphatic rings. The van der Waals surface area contributed by atoms with E-state index in [2.05, 4.69) is 5.32 Å².